The number of phenolic OH excluding ortho intramolecular Hbond substituents is 1. The number of rotatable bonds is 7. The van der Waals surface area contributed by atoms with Crippen molar-refractivity contribution >= 4 is 17.9 Å². The molecule has 0 spiro atoms. The Morgan fingerprint density at radius 2 is 1.58 bits per heavy atom. The van der Waals surface area contributed by atoms with Gasteiger partial charge in [0.15, 0.2) is 0 Å². The van der Waals surface area contributed by atoms with Gasteiger partial charge in [0, 0.05) is 17.6 Å². The van der Waals surface area contributed by atoms with Gasteiger partial charge in [-0.05, 0) is 66.5 Å². The van der Waals surface area contributed by atoms with Gasteiger partial charge in [-0.2, -0.15) is 0 Å². The number of benzene rings is 2. The van der Waals surface area contributed by atoms with Gasteiger partial charge in [-0.25, -0.2) is 4.79 Å². The largest absolute Gasteiger partial charge is 0.507 e. The van der Waals surface area contributed by atoms with Crippen molar-refractivity contribution in [2.45, 2.75) is 85.2 Å². The second kappa shape index (κ2) is 11.5. The summed E-state index contributed by atoms with van der Waals surface area (Å²) < 4.78 is 5.30. The molecule has 0 aliphatic carbocycles. The average molecular weight is 498 g/mol. The molecule has 8 nitrogen and oxygen atoms in total. The highest BCUT2D eigenvalue weighted by molar-refractivity contribution is 5.93. The summed E-state index contributed by atoms with van der Waals surface area (Å²) >= 11 is 0. The van der Waals surface area contributed by atoms with Crippen LogP contribution in [0.2, 0.25) is 0 Å². The number of nitrogens with zero attached hydrogens (tertiary/aromatic N) is 1. The van der Waals surface area contributed by atoms with Crippen molar-refractivity contribution in [3.05, 3.63) is 65.2 Å². The first kappa shape index (κ1) is 28.7. The maximum atomic E-state index is 13.8. The minimum Gasteiger partial charge on any atom is -0.507 e. The minimum atomic E-state index is -1.15. The molecule has 3 amide bonds. The van der Waals surface area contributed by atoms with Crippen LogP contribution in [0.15, 0.2) is 48.5 Å². The molecule has 0 saturated carbocycles. The normalized spacial score (nSPS) is 13.3. The molecule has 0 aliphatic heterocycles. The lowest BCUT2D eigenvalue weighted by molar-refractivity contribution is -0.148. The summed E-state index contributed by atoms with van der Waals surface area (Å²) in [5.74, 6) is -1.01. The molecular formula is C28H39N3O5. The molecule has 3 N–H and O–H groups in total. The van der Waals surface area contributed by atoms with Crippen LogP contribution in [-0.4, -0.2) is 45.1 Å². The maximum Gasteiger partial charge on any atom is 0.408 e. The molecule has 2 unspecified atom stereocenters. The molecule has 8 heteroatoms. The summed E-state index contributed by atoms with van der Waals surface area (Å²) in [6, 6.07) is 12.4. The smallest absolute Gasteiger partial charge is 0.408 e. The van der Waals surface area contributed by atoms with Crippen molar-refractivity contribution in [3.63, 3.8) is 0 Å². The van der Waals surface area contributed by atoms with Gasteiger partial charge in [0.25, 0.3) is 0 Å². The topological polar surface area (TPSA) is 108 Å². The van der Waals surface area contributed by atoms with E-state index in [4.69, 9.17) is 4.74 Å². The number of nitrogens with one attached hydrogen (secondary N) is 2. The zero-order valence-electron chi connectivity index (χ0n) is 22.5. The van der Waals surface area contributed by atoms with Gasteiger partial charge < -0.3 is 25.4 Å². The molecule has 2 atom stereocenters. The summed E-state index contributed by atoms with van der Waals surface area (Å²) in [4.78, 5) is 41.2. The van der Waals surface area contributed by atoms with Crippen LogP contribution < -0.4 is 10.6 Å². The number of alkyl carbamates (subject to hydrolysis) is 1. The van der Waals surface area contributed by atoms with Crippen LogP contribution in [0, 0.1) is 6.92 Å². The Morgan fingerprint density at radius 3 is 2.14 bits per heavy atom. The van der Waals surface area contributed by atoms with Crippen molar-refractivity contribution < 1.29 is 24.2 Å². The lowest BCUT2D eigenvalue weighted by atomic mass is 9.94. The first-order chi connectivity index (χ1) is 16.6. The Hall–Kier alpha value is -3.55. The van der Waals surface area contributed by atoms with Crippen LogP contribution in [-0.2, 0) is 20.9 Å². The second-order valence-corrected chi connectivity index (χ2v) is 10.9. The summed E-state index contributed by atoms with van der Waals surface area (Å²) in [6.45, 7) is 14.1. The van der Waals surface area contributed by atoms with Crippen LogP contribution in [0.1, 0.15) is 71.2 Å². The predicted molar refractivity (Wildman–Crippen MR) is 139 cm³/mol. The molecule has 2 rings (SSSR count). The van der Waals surface area contributed by atoms with Crippen molar-refractivity contribution in [3.8, 4) is 5.75 Å². The zero-order chi connectivity index (χ0) is 27.3. The highest BCUT2D eigenvalue weighted by atomic mass is 16.6. The number of phenols is 1. The number of hydrogen-bond donors (Lipinski definition) is 3. The first-order valence-corrected chi connectivity index (χ1v) is 12.0. The van der Waals surface area contributed by atoms with E-state index in [1.54, 1.807) is 73.6 Å². The SMILES string of the molecule is Cc1cccc(C(C(=O)NCc2ccccc2)N(C(=O)C(C)NC(=O)OC(C)(C)C)C(C)(C)C)c1O. The van der Waals surface area contributed by atoms with Crippen molar-refractivity contribution in [1.82, 2.24) is 15.5 Å². The van der Waals surface area contributed by atoms with Crippen molar-refractivity contribution in [2.75, 3.05) is 0 Å². The van der Waals surface area contributed by atoms with Crippen LogP contribution in [0.5, 0.6) is 5.75 Å². The fourth-order valence-electron chi connectivity index (χ4n) is 3.78. The van der Waals surface area contributed by atoms with Gasteiger partial charge >= 0.3 is 6.09 Å². The van der Waals surface area contributed by atoms with E-state index in [0.29, 0.717) is 11.1 Å². The Labute approximate surface area is 214 Å². The highest BCUT2D eigenvalue weighted by Gasteiger charge is 2.41. The molecule has 2 aromatic carbocycles. The average Bonchev–Trinajstić information content (AvgIpc) is 2.76. The summed E-state index contributed by atoms with van der Waals surface area (Å²) in [6.07, 6.45) is -0.735. The van der Waals surface area contributed by atoms with Crippen LogP contribution in [0.25, 0.3) is 0 Å². The zero-order valence-corrected chi connectivity index (χ0v) is 22.5. The molecule has 0 bridgehead atoms. The third kappa shape index (κ3) is 7.73. The van der Waals surface area contributed by atoms with Crippen LogP contribution >= 0.6 is 0 Å². The number of aryl methyl sites for hydroxylation is 1. The van der Waals surface area contributed by atoms with Crippen LogP contribution in [0.3, 0.4) is 0 Å². The van der Waals surface area contributed by atoms with E-state index in [0.717, 1.165) is 5.56 Å². The van der Waals surface area contributed by atoms with E-state index in [1.807, 2.05) is 30.3 Å². The number of aromatic hydroxyl groups is 1. The van der Waals surface area contributed by atoms with Crippen molar-refractivity contribution in [2.24, 2.45) is 0 Å². The quantitative estimate of drug-likeness (QED) is 0.518. The predicted octanol–water partition coefficient (Wildman–Crippen LogP) is 4.60. The van der Waals surface area contributed by atoms with Gasteiger partial charge in [0.2, 0.25) is 11.8 Å². The fourth-order valence-corrected chi connectivity index (χ4v) is 3.78. The summed E-state index contributed by atoms with van der Waals surface area (Å²) in [5.41, 5.74) is 0.199. The number of carbonyl (C=O) groups excluding carboxylic acids is 3. The van der Waals surface area contributed by atoms with Crippen molar-refractivity contribution in [1.29, 1.82) is 0 Å². The Balaban J connectivity index is 2.47. The number of amides is 3. The van der Waals surface area contributed by atoms with Gasteiger partial charge in [-0.1, -0.05) is 48.5 Å². The number of para-hydroxylation sites is 1. The number of ether oxygens (including phenoxy) is 1. The van der Waals surface area contributed by atoms with E-state index in [2.05, 4.69) is 10.6 Å². The van der Waals surface area contributed by atoms with Crippen LogP contribution in [0.4, 0.5) is 4.79 Å². The monoisotopic (exact) mass is 497 g/mol. The van der Waals surface area contributed by atoms with Gasteiger partial charge in [0.05, 0.1) is 0 Å². The number of carbonyl (C=O) groups is 3. The Kier molecular flexibility index (Phi) is 9.13. The molecule has 36 heavy (non-hydrogen) atoms. The third-order valence-corrected chi connectivity index (χ3v) is 5.44. The highest BCUT2D eigenvalue weighted by Crippen LogP contribution is 2.36. The lowest BCUT2D eigenvalue weighted by Gasteiger charge is -2.42. The summed E-state index contributed by atoms with van der Waals surface area (Å²) in [5, 5.41) is 16.4. The van der Waals surface area contributed by atoms with E-state index >= 15 is 0 Å². The Morgan fingerprint density at radius 1 is 0.972 bits per heavy atom. The minimum absolute atomic E-state index is 0.0628. The summed E-state index contributed by atoms with van der Waals surface area (Å²) in [7, 11) is 0. The third-order valence-electron chi connectivity index (χ3n) is 5.44. The molecule has 0 aliphatic rings. The van der Waals surface area contributed by atoms with Gasteiger partial charge in [0.1, 0.15) is 23.4 Å². The molecule has 0 heterocycles. The molecule has 2 aromatic rings. The van der Waals surface area contributed by atoms with E-state index < -0.39 is 41.1 Å². The van der Waals surface area contributed by atoms with Gasteiger partial charge in [-0.3, -0.25) is 9.59 Å². The van der Waals surface area contributed by atoms with E-state index in [9.17, 15) is 19.5 Å². The maximum absolute atomic E-state index is 13.8. The molecule has 0 aromatic heterocycles. The molecular weight excluding hydrogens is 458 g/mol. The molecule has 196 valence electrons. The van der Waals surface area contributed by atoms with E-state index in [-0.39, 0.29) is 12.3 Å². The standard InChI is InChI=1S/C28H39N3O5/c1-18-13-12-16-21(23(18)32)22(24(33)29-17-20-14-10-9-11-15-20)31(27(3,4)5)25(34)19(2)30-26(35)36-28(6,7)8/h9-16,19,22,32H,17H2,1-8H3,(H,29,33)(H,30,35). The lowest BCUT2D eigenvalue weighted by Crippen LogP contribution is -2.57. The van der Waals surface area contributed by atoms with E-state index in [1.165, 1.54) is 4.90 Å². The Bertz CT molecular complexity index is 1070. The fraction of sp³-hybridized carbons (Fsp3) is 0.464. The molecule has 0 radical (unpaired) electrons. The molecule has 0 saturated heterocycles. The second-order valence-electron chi connectivity index (χ2n) is 10.9. The number of hydrogen-bond acceptors (Lipinski definition) is 5. The first-order valence-electron chi connectivity index (χ1n) is 12.0. The molecule has 0 fully saturated rings. The van der Waals surface area contributed by atoms with Gasteiger partial charge in [-0.15, -0.1) is 0 Å².